The fourth-order valence-corrected chi connectivity index (χ4v) is 3.19. The molecule has 0 saturated heterocycles. The number of pyridine rings is 1. The van der Waals surface area contributed by atoms with Crippen LogP contribution in [0.15, 0.2) is 53.5 Å². The number of nitrogens with two attached hydrogens (primary N) is 1. The summed E-state index contributed by atoms with van der Waals surface area (Å²) in [5, 5.41) is 18.2. The Morgan fingerprint density at radius 2 is 1.81 bits per heavy atom. The van der Waals surface area contributed by atoms with Gasteiger partial charge in [-0.1, -0.05) is 36.4 Å². The van der Waals surface area contributed by atoms with E-state index in [1.165, 1.54) is 18.2 Å². The van der Waals surface area contributed by atoms with Crippen molar-refractivity contribution in [1.82, 2.24) is 15.2 Å². The van der Waals surface area contributed by atoms with Gasteiger partial charge in [-0.25, -0.2) is 4.98 Å². The number of benzene rings is 1. The van der Waals surface area contributed by atoms with Crippen LogP contribution in [-0.4, -0.2) is 26.3 Å². The number of nitrogens with zero attached hydrogens (tertiary/aromatic N) is 4. The minimum absolute atomic E-state index is 0.0855. The number of hydrogen-bond donors (Lipinski definition) is 1. The van der Waals surface area contributed by atoms with Crippen LogP contribution >= 0.6 is 0 Å². The summed E-state index contributed by atoms with van der Waals surface area (Å²) in [5.41, 5.74) is -1.29. The smallest absolute Gasteiger partial charge is 0.415 e. The summed E-state index contributed by atoms with van der Waals surface area (Å²) in [4.78, 5) is 13.5. The molecule has 0 saturated carbocycles. The molecule has 1 atom stereocenters. The lowest BCUT2D eigenvalue weighted by atomic mass is 9.96. The lowest BCUT2D eigenvalue weighted by Gasteiger charge is -2.32. The summed E-state index contributed by atoms with van der Waals surface area (Å²) in [6.07, 6.45) is -9.96. The van der Waals surface area contributed by atoms with Crippen LogP contribution in [0.25, 0.3) is 11.6 Å². The highest BCUT2D eigenvalue weighted by atomic mass is 19.4. The molecule has 2 heterocycles. The van der Waals surface area contributed by atoms with Gasteiger partial charge in [0.1, 0.15) is 11.4 Å². The van der Waals surface area contributed by atoms with Crippen molar-refractivity contribution >= 4 is 11.5 Å². The van der Waals surface area contributed by atoms with E-state index in [4.69, 9.17) is 14.9 Å². The zero-order chi connectivity index (χ0) is 26.7. The third kappa shape index (κ3) is 5.30. The highest BCUT2D eigenvalue weighted by Gasteiger charge is 2.61. The minimum Gasteiger partial charge on any atom is -0.415 e. The van der Waals surface area contributed by atoms with E-state index < -0.39 is 70.4 Å². The SMILES string of the molecule is C=CCC[C@@](OCc1ccccc1)(c1nnc(-c2nc(N)c(C(F)(F)F)cc2[N+](=O)[O-])o1)C(F)(F)F. The van der Waals surface area contributed by atoms with Gasteiger partial charge in [0.25, 0.3) is 11.8 Å². The van der Waals surface area contributed by atoms with Crippen molar-refractivity contribution in [2.45, 2.75) is 37.4 Å². The second-order valence-corrected chi connectivity index (χ2v) is 7.38. The van der Waals surface area contributed by atoms with Gasteiger partial charge in [0.2, 0.25) is 11.3 Å². The molecule has 9 nitrogen and oxygen atoms in total. The molecular formula is C21H17F6N5O4. The summed E-state index contributed by atoms with van der Waals surface area (Å²) in [6, 6.07) is 7.95. The fraction of sp³-hybridized carbons (Fsp3) is 0.286. The maximum atomic E-state index is 14.4. The topological polar surface area (TPSA) is 130 Å². The first-order valence-electron chi connectivity index (χ1n) is 10.0. The fourth-order valence-electron chi connectivity index (χ4n) is 3.19. The van der Waals surface area contributed by atoms with Crippen molar-refractivity contribution in [2.24, 2.45) is 0 Å². The third-order valence-corrected chi connectivity index (χ3v) is 4.99. The van der Waals surface area contributed by atoms with Crippen molar-refractivity contribution in [3.63, 3.8) is 0 Å². The van der Waals surface area contributed by atoms with Gasteiger partial charge in [0.05, 0.1) is 11.5 Å². The Morgan fingerprint density at radius 1 is 1.14 bits per heavy atom. The van der Waals surface area contributed by atoms with Crippen molar-refractivity contribution in [3.8, 4) is 11.6 Å². The number of anilines is 1. The second kappa shape index (κ2) is 9.93. The molecule has 0 aliphatic rings. The van der Waals surface area contributed by atoms with Crippen molar-refractivity contribution < 1.29 is 40.4 Å². The van der Waals surface area contributed by atoms with E-state index in [1.807, 2.05) is 0 Å². The number of hydrogen-bond acceptors (Lipinski definition) is 8. The Hall–Kier alpha value is -4.01. The number of halogens is 6. The van der Waals surface area contributed by atoms with Crippen LogP contribution < -0.4 is 5.73 Å². The molecule has 15 heteroatoms. The first-order valence-corrected chi connectivity index (χ1v) is 10.0. The molecule has 3 aromatic rings. The predicted molar refractivity (Wildman–Crippen MR) is 112 cm³/mol. The molecule has 0 bridgehead atoms. The molecule has 192 valence electrons. The van der Waals surface area contributed by atoms with E-state index in [0.717, 1.165) is 0 Å². The van der Waals surface area contributed by atoms with Gasteiger partial charge in [-0.2, -0.15) is 26.3 Å². The van der Waals surface area contributed by atoms with Gasteiger partial charge in [0, 0.05) is 6.07 Å². The lowest BCUT2D eigenvalue weighted by molar-refractivity contribution is -0.384. The Labute approximate surface area is 198 Å². The molecule has 0 fully saturated rings. The maximum Gasteiger partial charge on any atom is 0.426 e. The average molecular weight is 517 g/mol. The highest BCUT2D eigenvalue weighted by molar-refractivity contribution is 5.66. The minimum atomic E-state index is -5.12. The van der Waals surface area contributed by atoms with Gasteiger partial charge in [-0.3, -0.25) is 10.1 Å². The standard InChI is InChI=1S/C21H17F6N5O4/c1-2-3-9-19(21(25,26)27,35-11-12-7-5-4-6-8-12)18-31-30-17(36-18)15-14(32(33)34)10-13(16(28)29-15)20(22,23)24/h2,4-8,10H,1,3,9,11H2,(H2,28,29)/t19-/m1/s1. The Morgan fingerprint density at radius 3 is 2.36 bits per heavy atom. The van der Waals surface area contributed by atoms with Crippen LogP contribution in [0.3, 0.4) is 0 Å². The second-order valence-electron chi connectivity index (χ2n) is 7.38. The van der Waals surface area contributed by atoms with E-state index in [2.05, 4.69) is 21.8 Å². The molecule has 0 spiro atoms. The van der Waals surface area contributed by atoms with E-state index in [1.54, 1.807) is 18.2 Å². The molecule has 0 unspecified atom stereocenters. The Balaban J connectivity index is 2.13. The normalized spacial score (nSPS) is 13.8. The van der Waals surface area contributed by atoms with Crippen LogP contribution in [0.4, 0.5) is 37.8 Å². The van der Waals surface area contributed by atoms with Gasteiger partial charge >= 0.3 is 18.0 Å². The summed E-state index contributed by atoms with van der Waals surface area (Å²) in [6.45, 7) is 2.87. The molecular weight excluding hydrogens is 500 g/mol. The number of ether oxygens (including phenoxy) is 1. The van der Waals surface area contributed by atoms with Gasteiger partial charge in [0.15, 0.2) is 0 Å². The molecule has 2 aromatic heterocycles. The van der Waals surface area contributed by atoms with Gasteiger partial charge in [-0.15, -0.1) is 16.8 Å². The molecule has 0 aliphatic heterocycles. The third-order valence-electron chi connectivity index (χ3n) is 4.99. The number of nitrogen functional groups attached to an aromatic ring is 1. The number of alkyl halides is 6. The maximum absolute atomic E-state index is 14.4. The number of nitro groups is 1. The largest absolute Gasteiger partial charge is 0.426 e. The van der Waals surface area contributed by atoms with Crippen LogP contribution in [0.2, 0.25) is 0 Å². The zero-order valence-electron chi connectivity index (χ0n) is 18.1. The van der Waals surface area contributed by atoms with E-state index in [9.17, 15) is 36.5 Å². The van der Waals surface area contributed by atoms with Crippen LogP contribution in [0.5, 0.6) is 0 Å². The number of aromatic nitrogens is 3. The number of rotatable bonds is 9. The summed E-state index contributed by atoms with van der Waals surface area (Å²) in [7, 11) is 0. The summed E-state index contributed by atoms with van der Waals surface area (Å²) in [5.74, 6) is -3.25. The van der Waals surface area contributed by atoms with Crippen LogP contribution in [-0.2, 0) is 23.1 Å². The molecule has 3 rings (SSSR count). The van der Waals surface area contributed by atoms with Crippen molar-refractivity contribution in [3.05, 3.63) is 76.2 Å². The van der Waals surface area contributed by atoms with Crippen LogP contribution in [0, 0.1) is 10.1 Å². The summed E-state index contributed by atoms with van der Waals surface area (Å²) < 4.78 is 92.9. The van der Waals surface area contributed by atoms with E-state index >= 15 is 0 Å². The zero-order valence-corrected chi connectivity index (χ0v) is 18.1. The lowest BCUT2D eigenvalue weighted by Crippen LogP contribution is -2.45. The molecule has 2 N–H and O–H groups in total. The predicted octanol–water partition coefficient (Wildman–Crippen LogP) is 5.58. The van der Waals surface area contributed by atoms with Crippen molar-refractivity contribution in [2.75, 3.05) is 5.73 Å². The van der Waals surface area contributed by atoms with Gasteiger partial charge < -0.3 is 14.9 Å². The molecule has 0 radical (unpaired) electrons. The summed E-state index contributed by atoms with van der Waals surface area (Å²) >= 11 is 0. The molecule has 0 aliphatic carbocycles. The molecule has 1 aromatic carbocycles. The quantitative estimate of drug-likeness (QED) is 0.168. The van der Waals surface area contributed by atoms with Crippen LogP contribution in [0.1, 0.15) is 29.9 Å². The van der Waals surface area contributed by atoms with E-state index in [-0.39, 0.29) is 12.5 Å². The Kier molecular flexibility index (Phi) is 7.33. The Bertz CT molecular complexity index is 1250. The molecule has 36 heavy (non-hydrogen) atoms. The first kappa shape index (κ1) is 26.6. The number of allylic oxidation sites excluding steroid dienone is 1. The van der Waals surface area contributed by atoms with E-state index in [0.29, 0.717) is 5.56 Å². The first-order chi connectivity index (χ1) is 16.8. The van der Waals surface area contributed by atoms with Crippen molar-refractivity contribution in [1.29, 1.82) is 0 Å². The highest BCUT2D eigenvalue weighted by Crippen LogP contribution is 2.47. The monoisotopic (exact) mass is 517 g/mol. The average Bonchev–Trinajstić information content (AvgIpc) is 3.28. The molecule has 0 amide bonds. The van der Waals surface area contributed by atoms with Gasteiger partial charge in [-0.05, 0) is 18.4 Å².